The molecule has 3 rings (SSSR count). The van der Waals surface area contributed by atoms with Crippen molar-refractivity contribution in [2.75, 3.05) is 7.11 Å². The summed E-state index contributed by atoms with van der Waals surface area (Å²) in [6.07, 6.45) is 0. The number of methoxy groups -OCH3 is 1. The number of benzene rings is 3. The van der Waals surface area contributed by atoms with Crippen molar-refractivity contribution < 1.29 is 14.6 Å². The van der Waals surface area contributed by atoms with Gasteiger partial charge in [-0.2, -0.15) is 5.26 Å². The quantitative estimate of drug-likeness (QED) is 0.734. The van der Waals surface area contributed by atoms with Crippen molar-refractivity contribution in [2.45, 2.75) is 12.8 Å². The van der Waals surface area contributed by atoms with Gasteiger partial charge in [0, 0.05) is 11.5 Å². The number of para-hydroxylation sites is 1. The first-order valence-electron chi connectivity index (χ1n) is 8.28. The first-order valence-corrected chi connectivity index (χ1v) is 8.28. The molecule has 0 aliphatic rings. The molecule has 0 heterocycles. The van der Waals surface area contributed by atoms with Gasteiger partial charge in [-0.05, 0) is 29.3 Å². The Morgan fingerprint density at radius 3 is 2.35 bits per heavy atom. The minimum atomic E-state index is -1.65. The molecule has 2 atom stereocenters. The molecule has 0 aromatic heterocycles. The number of carboxylic acids is 1. The van der Waals surface area contributed by atoms with Crippen LogP contribution in [0.1, 0.15) is 24.0 Å². The Labute approximate surface area is 152 Å². The minimum Gasteiger partial charge on any atom is -0.496 e. The van der Waals surface area contributed by atoms with E-state index >= 15 is 0 Å². The summed E-state index contributed by atoms with van der Waals surface area (Å²) in [6, 6.07) is 22.8. The molecular weight excluding hydrogens is 326 g/mol. The smallest absolute Gasteiger partial charge is 0.324 e. The summed E-state index contributed by atoms with van der Waals surface area (Å²) in [4.78, 5) is 12.1. The fourth-order valence-corrected chi connectivity index (χ4v) is 3.43. The minimum absolute atomic E-state index is 0.563. The van der Waals surface area contributed by atoms with Crippen molar-refractivity contribution in [1.29, 1.82) is 5.26 Å². The molecule has 4 nitrogen and oxygen atoms in total. The Morgan fingerprint density at radius 1 is 1.04 bits per heavy atom. The molecule has 26 heavy (non-hydrogen) atoms. The highest BCUT2D eigenvalue weighted by molar-refractivity contribution is 5.89. The molecule has 0 bridgehead atoms. The fourth-order valence-electron chi connectivity index (χ4n) is 3.43. The Hall–Kier alpha value is -3.32. The molecule has 0 fully saturated rings. The zero-order chi connectivity index (χ0) is 18.7. The van der Waals surface area contributed by atoms with Gasteiger partial charge in [-0.3, -0.25) is 4.79 Å². The van der Waals surface area contributed by atoms with E-state index in [9.17, 15) is 15.2 Å². The van der Waals surface area contributed by atoms with E-state index in [4.69, 9.17) is 4.74 Å². The van der Waals surface area contributed by atoms with Gasteiger partial charge in [0.15, 0.2) is 5.41 Å². The molecule has 3 aromatic carbocycles. The van der Waals surface area contributed by atoms with Gasteiger partial charge < -0.3 is 9.84 Å². The molecule has 0 aliphatic heterocycles. The molecule has 0 saturated carbocycles. The van der Waals surface area contributed by atoms with Crippen LogP contribution in [0.4, 0.5) is 0 Å². The van der Waals surface area contributed by atoms with E-state index in [1.165, 1.54) is 6.92 Å². The number of hydrogen-bond acceptors (Lipinski definition) is 3. The van der Waals surface area contributed by atoms with Crippen LogP contribution in [-0.4, -0.2) is 18.2 Å². The van der Waals surface area contributed by atoms with E-state index in [2.05, 4.69) is 0 Å². The number of carbonyl (C=O) groups is 1. The third-order valence-electron chi connectivity index (χ3n) is 4.84. The predicted octanol–water partition coefficient (Wildman–Crippen LogP) is 4.59. The predicted molar refractivity (Wildman–Crippen MR) is 100 cm³/mol. The van der Waals surface area contributed by atoms with Crippen LogP contribution in [0.2, 0.25) is 0 Å². The average molecular weight is 345 g/mol. The van der Waals surface area contributed by atoms with Crippen LogP contribution in [0.25, 0.3) is 10.8 Å². The largest absolute Gasteiger partial charge is 0.496 e. The number of hydrogen-bond donors (Lipinski definition) is 1. The van der Waals surface area contributed by atoms with E-state index in [-0.39, 0.29) is 0 Å². The molecule has 3 aromatic rings. The van der Waals surface area contributed by atoms with Crippen molar-refractivity contribution in [3.05, 3.63) is 77.9 Å². The second-order valence-electron chi connectivity index (χ2n) is 6.36. The van der Waals surface area contributed by atoms with E-state index in [0.29, 0.717) is 11.3 Å². The van der Waals surface area contributed by atoms with E-state index in [1.54, 1.807) is 13.2 Å². The molecule has 4 heteroatoms. The van der Waals surface area contributed by atoms with Crippen LogP contribution in [0.5, 0.6) is 5.75 Å². The van der Waals surface area contributed by atoms with E-state index in [1.807, 2.05) is 66.7 Å². The van der Waals surface area contributed by atoms with Crippen molar-refractivity contribution in [2.24, 2.45) is 5.41 Å². The molecule has 0 saturated heterocycles. The summed E-state index contributed by atoms with van der Waals surface area (Å²) < 4.78 is 5.48. The lowest BCUT2D eigenvalue weighted by Gasteiger charge is -2.30. The van der Waals surface area contributed by atoms with E-state index in [0.717, 1.165) is 16.3 Å². The summed E-state index contributed by atoms with van der Waals surface area (Å²) in [5, 5.41) is 21.6. The van der Waals surface area contributed by atoms with Crippen molar-refractivity contribution in [1.82, 2.24) is 0 Å². The number of rotatable bonds is 5. The monoisotopic (exact) mass is 345 g/mol. The second kappa shape index (κ2) is 6.89. The first-order chi connectivity index (χ1) is 12.5. The topological polar surface area (TPSA) is 70.3 Å². The van der Waals surface area contributed by atoms with Crippen LogP contribution < -0.4 is 4.74 Å². The fraction of sp³-hybridized carbons (Fsp3) is 0.182. The molecule has 0 aliphatic carbocycles. The second-order valence-corrected chi connectivity index (χ2v) is 6.36. The Bertz CT molecular complexity index is 1000. The van der Waals surface area contributed by atoms with Crippen LogP contribution in [0.15, 0.2) is 66.7 Å². The lowest BCUT2D eigenvalue weighted by Crippen LogP contribution is -2.34. The van der Waals surface area contributed by atoms with Crippen molar-refractivity contribution >= 4 is 16.7 Å². The Balaban J connectivity index is 2.38. The third-order valence-corrected chi connectivity index (χ3v) is 4.84. The highest BCUT2D eigenvalue weighted by atomic mass is 16.5. The van der Waals surface area contributed by atoms with Gasteiger partial charge in [0.2, 0.25) is 0 Å². The molecule has 0 spiro atoms. The summed E-state index contributed by atoms with van der Waals surface area (Å²) in [5.74, 6) is -1.29. The molecule has 1 N–H and O–H groups in total. The zero-order valence-corrected chi connectivity index (χ0v) is 14.6. The van der Waals surface area contributed by atoms with Crippen molar-refractivity contribution in [3.8, 4) is 11.8 Å². The van der Waals surface area contributed by atoms with Crippen LogP contribution in [0, 0.1) is 16.7 Å². The third kappa shape index (κ3) is 2.78. The number of carboxylic acid groups (broad SMARTS) is 1. The number of aliphatic carboxylic acids is 1. The molecule has 1 unspecified atom stereocenters. The lowest BCUT2D eigenvalue weighted by atomic mass is 9.69. The highest BCUT2D eigenvalue weighted by Gasteiger charge is 2.45. The van der Waals surface area contributed by atoms with Gasteiger partial charge in [-0.1, -0.05) is 60.7 Å². The van der Waals surface area contributed by atoms with Gasteiger partial charge >= 0.3 is 5.97 Å². The molecule has 0 radical (unpaired) electrons. The summed E-state index contributed by atoms with van der Waals surface area (Å²) >= 11 is 0. The maximum atomic E-state index is 12.1. The molecule has 130 valence electrons. The number of nitrogens with zero attached hydrogens (tertiary/aromatic N) is 1. The Kier molecular flexibility index (Phi) is 4.64. The average Bonchev–Trinajstić information content (AvgIpc) is 2.68. The van der Waals surface area contributed by atoms with Crippen molar-refractivity contribution in [3.63, 3.8) is 0 Å². The SMILES string of the molecule is COc1ccccc1C(c1cccc2ccccc12)[C@@](C)(C#N)C(=O)O. The maximum Gasteiger partial charge on any atom is 0.324 e. The summed E-state index contributed by atoms with van der Waals surface area (Å²) in [6.45, 7) is 1.47. The van der Waals surface area contributed by atoms with Crippen LogP contribution in [-0.2, 0) is 4.79 Å². The number of ether oxygens (including phenoxy) is 1. The first kappa shape index (κ1) is 17.5. The standard InChI is InChI=1S/C22H19NO3/c1-22(14-23,21(24)25)20(18-11-5-6-13-19(18)26-2)17-12-7-9-15-8-3-4-10-16(15)17/h3-13,20H,1-2H3,(H,24,25)/t20?,22-/m1/s1. The number of nitriles is 1. The van der Waals surface area contributed by atoms with Crippen LogP contribution in [0.3, 0.4) is 0 Å². The maximum absolute atomic E-state index is 12.1. The Morgan fingerprint density at radius 2 is 1.65 bits per heavy atom. The van der Waals surface area contributed by atoms with Gasteiger partial charge in [-0.15, -0.1) is 0 Å². The van der Waals surface area contributed by atoms with Gasteiger partial charge in [0.1, 0.15) is 5.75 Å². The van der Waals surface area contributed by atoms with E-state index < -0.39 is 17.3 Å². The molecular formula is C22H19NO3. The normalized spacial score (nSPS) is 14.2. The zero-order valence-electron chi connectivity index (χ0n) is 14.6. The van der Waals surface area contributed by atoms with Crippen LogP contribution >= 0.6 is 0 Å². The summed E-state index contributed by atoms with van der Waals surface area (Å²) in [7, 11) is 1.55. The highest BCUT2D eigenvalue weighted by Crippen LogP contribution is 2.46. The summed E-state index contributed by atoms with van der Waals surface area (Å²) in [5.41, 5.74) is -0.185. The molecule has 0 amide bonds. The van der Waals surface area contributed by atoms with Gasteiger partial charge in [0.05, 0.1) is 13.2 Å². The lowest BCUT2D eigenvalue weighted by molar-refractivity contribution is -0.145. The van der Waals surface area contributed by atoms with Gasteiger partial charge in [-0.25, -0.2) is 0 Å². The number of fused-ring (bicyclic) bond motifs is 1. The van der Waals surface area contributed by atoms with Gasteiger partial charge in [0.25, 0.3) is 0 Å².